The standard InChI is InChI=1S/C67H122O12/c1-4-7-10-13-16-19-22-25-28-30-33-35-38-41-44-47-50-53-59(68)75-56-58(77-60(69)54-51-48-45-42-39-36-32-27-24-21-18-15-12-9-6-3)57-76-67-65(63(72)62(71)64(79-67)66(73)74)78-61(70)55-52-49-46-43-40-37-34-31-29-26-23-20-17-14-11-8-5-2/h25-26,28-29,58,62-65,67,71-72H,4-24,27,30-57H2,1-3H3,(H,73,74)/b28-25-,29-26-. The lowest BCUT2D eigenvalue weighted by Gasteiger charge is -2.40. The van der Waals surface area contributed by atoms with Gasteiger partial charge in [0.2, 0.25) is 0 Å². The van der Waals surface area contributed by atoms with Crippen LogP contribution in [0.3, 0.4) is 0 Å². The number of carbonyl (C=O) groups excluding carboxylic acids is 3. The summed E-state index contributed by atoms with van der Waals surface area (Å²) in [6.45, 7) is 6.04. The summed E-state index contributed by atoms with van der Waals surface area (Å²) in [4.78, 5) is 51.3. The smallest absolute Gasteiger partial charge is 0.335 e. The third-order valence-electron chi connectivity index (χ3n) is 15.5. The summed E-state index contributed by atoms with van der Waals surface area (Å²) >= 11 is 0. The minimum absolute atomic E-state index is 0.0601. The maximum atomic E-state index is 13.2. The Kier molecular flexibility index (Phi) is 52.3. The molecule has 1 rings (SSSR count). The van der Waals surface area contributed by atoms with Gasteiger partial charge in [-0.2, -0.15) is 0 Å². The Labute approximate surface area is 483 Å². The largest absolute Gasteiger partial charge is 0.479 e. The van der Waals surface area contributed by atoms with Crippen LogP contribution in [-0.2, 0) is 42.9 Å². The molecule has 1 saturated heterocycles. The lowest BCUT2D eigenvalue weighted by Crippen LogP contribution is -2.61. The van der Waals surface area contributed by atoms with Crippen molar-refractivity contribution in [3.05, 3.63) is 24.3 Å². The molecule has 6 atom stereocenters. The minimum atomic E-state index is -1.90. The van der Waals surface area contributed by atoms with Crippen molar-refractivity contribution in [1.29, 1.82) is 0 Å². The number of aliphatic hydroxyl groups excluding tert-OH is 2. The van der Waals surface area contributed by atoms with Gasteiger partial charge in [0.1, 0.15) is 18.8 Å². The second-order valence-corrected chi connectivity index (χ2v) is 23.1. The van der Waals surface area contributed by atoms with E-state index >= 15 is 0 Å². The van der Waals surface area contributed by atoms with Crippen molar-refractivity contribution in [1.82, 2.24) is 0 Å². The molecule has 0 spiro atoms. The number of aliphatic hydroxyl groups is 2. The quantitative estimate of drug-likeness (QED) is 0.0228. The first-order valence-electron chi connectivity index (χ1n) is 33.3. The van der Waals surface area contributed by atoms with Crippen molar-refractivity contribution in [3.8, 4) is 0 Å². The molecule has 3 N–H and O–H groups in total. The molecule has 12 heteroatoms. The number of hydrogen-bond acceptors (Lipinski definition) is 11. The molecule has 1 fully saturated rings. The fraction of sp³-hybridized carbons (Fsp3) is 0.881. The van der Waals surface area contributed by atoms with Crippen LogP contribution in [0.2, 0.25) is 0 Å². The molecule has 462 valence electrons. The summed E-state index contributed by atoms with van der Waals surface area (Å²) in [6, 6.07) is 0. The zero-order chi connectivity index (χ0) is 57.5. The monoisotopic (exact) mass is 1120 g/mol. The SMILES string of the molecule is CCCCCCCC/C=C\CCCCCCCCCC(=O)OCC(COC1OC(C(=O)O)C(O)C(O)C1OC(=O)CCCCCCCCC/C=C\CCCCCCCC)OC(=O)CCCCCCCCCCCCCCCCC. The van der Waals surface area contributed by atoms with E-state index in [2.05, 4.69) is 45.1 Å². The van der Waals surface area contributed by atoms with Crippen LogP contribution in [0.5, 0.6) is 0 Å². The lowest BCUT2D eigenvalue weighted by atomic mass is 9.98. The molecular formula is C67H122O12. The number of hydrogen-bond donors (Lipinski definition) is 3. The van der Waals surface area contributed by atoms with E-state index in [1.165, 1.54) is 193 Å². The number of esters is 3. The Morgan fingerprint density at radius 3 is 1.08 bits per heavy atom. The van der Waals surface area contributed by atoms with Gasteiger partial charge < -0.3 is 39.0 Å². The average molecular weight is 1120 g/mol. The van der Waals surface area contributed by atoms with E-state index in [9.17, 15) is 34.5 Å². The Morgan fingerprint density at radius 1 is 0.405 bits per heavy atom. The molecule has 1 aliphatic heterocycles. The van der Waals surface area contributed by atoms with Crippen molar-refractivity contribution < 1.29 is 58.2 Å². The maximum Gasteiger partial charge on any atom is 0.335 e. The second kappa shape index (κ2) is 55.7. The molecule has 0 radical (unpaired) electrons. The predicted octanol–water partition coefficient (Wildman–Crippen LogP) is 17.8. The number of carboxylic acids is 1. The van der Waals surface area contributed by atoms with E-state index in [1.54, 1.807) is 0 Å². The number of unbranched alkanes of at least 4 members (excludes halogenated alkanes) is 40. The van der Waals surface area contributed by atoms with Crippen molar-refractivity contribution in [2.75, 3.05) is 13.2 Å². The second-order valence-electron chi connectivity index (χ2n) is 23.1. The molecule has 0 aromatic rings. The van der Waals surface area contributed by atoms with E-state index in [0.29, 0.717) is 19.3 Å². The molecule has 0 amide bonds. The van der Waals surface area contributed by atoms with E-state index in [-0.39, 0.29) is 25.9 Å². The van der Waals surface area contributed by atoms with E-state index in [1.807, 2.05) is 0 Å². The van der Waals surface area contributed by atoms with Gasteiger partial charge in [-0.15, -0.1) is 0 Å². The molecule has 0 saturated carbocycles. The molecule has 79 heavy (non-hydrogen) atoms. The summed E-state index contributed by atoms with van der Waals surface area (Å²) in [6.07, 6.45) is 52.7. The third kappa shape index (κ3) is 45.4. The number of aliphatic carboxylic acids is 1. The van der Waals surface area contributed by atoms with Gasteiger partial charge in [-0.1, -0.05) is 263 Å². The summed E-state index contributed by atoms with van der Waals surface area (Å²) < 4.78 is 28.6. The van der Waals surface area contributed by atoms with Gasteiger partial charge in [0.25, 0.3) is 0 Å². The maximum absolute atomic E-state index is 13.2. The van der Waals surface area contributed by atoms with Crippen molar-refractivity contribution >= 4 is 23.9 Å². The molecule has 0 aromatic carbocycles. The number of ether oxygens (including phenoxy) is 5. The van der Waals surface area contributed by atoms with Crippen LogP contribution in [-0.4, -0.2) is 89.2 Å². The van der Waals surface area contributed by atoms with Crippen molar-refractivity contribution in [3.63, 3.8) is 0 Å². The Bertz CT molecular complexity index is 1470. The van der Waals surface area contributed by atoms with Crippen LogP contribution in [0.25, 0.3) is 0 Å². The highest BCUT2D eigenvalue weighted by Gasteiger charge is 2.50. The van der Waals surface area contributed by atoms with Gasteiger partial charge in [0.15, 0.2) is 24.6 Å². The first kappa shape index (κ1) is 74.2. The Hall–Kier alpha value is -2.80. The number of carbonyl (C=O) groups is 4. The van der Waals surface area contributed by atoms with Gasteiger partial charge in [-0.3, -0.25) is 14.4 Å². The fourth-order valence-electron chi connectivity index (χ4n) is 10.4. The summed E-state index contributed by atoms with van der Waals surface area (Å²) in [5, 5.41) is 31.6. The van der Waals surface area contributed by atoms with Crippen LogP contribution >= 0.6 is 0 Å². The molecule has 0 aromatic heterocycles. The molecule has 6 unspecified atom stereocenters. The first-order chi connectivity index (χ1) is 38.6. The molecular weight excluding hydrogens is 997 g/mol. The highest BCUT2D eigenvalue weighted by Crippen LogP contribution is 2.27. The van der Waals surface area contributed by atoms with Gasteiger partial charge in [0.05, 0.1) is 6.61 Å². The highest BCUT2D eigenvalue weighted by molar-refractivity contribution is 5.74. The topological polar surface area (TPSA) is 175 Å². The molecule has 1 aliphatic rings. The summed E-state index contributed by atoms with van der Waals surface area (Å²) in [7, 11) is 0. The normalized spacial score (nSPS) is 17.9. The summed E-state index contributed by atoms with van der Waals surface area (Å²) in [5.74, 6) is -3.09. The minimum Gasteiger partial charge on any atom is -0.479 e. The van der Waals surface area contributed by atoms with Crippen LogP contribution in [0.15, 0.2) is 24.3 Å². The summed E-state index contributed by atoms with van der Waals surface area (Å²) in [5.41, 5.74) is 0. The van der Waals surface area contributed by atoms with E-state index in [4.69, 9.17) is 23.7 Å². The van der Waals surface area contributed by atoms with Gasteiger partial charge in [0, 0.05) is 19.3 Å². The molecule has 0 aliphatic carbocycles. The zero-order valence-corrected chi connectivity index (χ0v) is 51.1. The molecule has 0 bridgehead atoms. The first-order valence-corrected chi connectivity index (χ1v) is 33.3. The van der Waals surface area contributed by atoms with Crippen LogP contribution in [0.1, 0.15) is 329 Å². The fourth-order valence-corrected chi connectivity index (χ4v) is 10.4. The van der Waals surface area contributed by atoms with Crippen LogP contribution in [0.4, 0.5) is 0 Å². The van der Waals surface area contributed by atoms with Crippen molar-refractivity contribution in [2.24, 2.45) is 0 Å². The Morgan fingerprint density at radius 2 is 0.722 bits per heavy atom. The average Bonchev–Trinajstić information content (AvgIpc) is 3.47. The van der Waals surface area contributed by atoms with Crippen LogP contribution in [0, 0.1) is 0 Å². The Balaban J connectivity index is 2.64. The molecule has 12 nitrogen and oxygen atoms in total. The third-order valence-corrected chi connectivity index (χ3v) is 15.5. The lowest BCUT2D eigenvalue weighted by molar-refractivity contribution is -0.301. The zero-order valence-electron chi connectivity index (χ0n) is 51.1. The predicted molar refractivity (Wildman–Crippen MR) is 322 cm³/mol. The van der Waals surface area contributed by atoms with Crippen LogP contribution < -0.4 is 0 Å². The van der Waals surface area contributed by atoms with Gasteiger partial charge in [-0.25, -0.2) is 4.79 Å². The van der Waals surface area contributed by atoms with E-state index < -0.39 is 67.3 Å². The number of carboxylic acid groups (broad SMARTS) is 1. The van der Waals surface area contributed by atoms with Gasteiger partial charge >= 0.3 is 23.9 Å². The highest BCUT2D eigenvalue weighted by atomic mass is 16.7. The van der Waals surface area contributed by atoms with Gasteiger partial charge in [-0.05, 0) is 70.6 Å². The number of rotatable bonds is 58. The van der Waals surface area contributed by atoms with Crippen molar-refractivity contribution in [2.45, 2.75) is 366 Å². The number of allylic oxidation sites excluding steroid dienone is 4. The van der Waals surface area contributed by atoms with E-state index in [0.717, 1.165) is 77.0 Å². The molecule has 1 heterocycles.